The van der Waals surface area contributed by atoms with E-state index in [2.05, 4.69) is 33.2 Å². The number of carbonyl (C=O) groups is 2. The molecule has 306 valence electrons. The van der Waals surface area contributed by atoms with Gasteiger partial charge in [0, 0.05) is 52.0 Å². The fourth-order valence-electron chi connectivity index (χ4n) is 5.60. The van der Waals surface area contributed by atoms with E-state index >= 15 is 0 Å². The van der Waals surface area contributed by atoms with Gasteiger partial charge < -0.3 is 10.6 Å². The van der Waals surface area contributed by atoms with E-state index in [1.165, 1.54) is 24.3 Å². The van der Waals surface area contributed by atoms with E-state index in [9.17, 15) is 26.4 Å². The second kappa shape index (κ2) is 20.2. The monoisotopic (exact) mass is 843 g/mol. The highest BCUT2D eigenvalue weighted by molar-refractivity contribution is 7.86. The zero-order valence-corrected chi connectivity index (χ0v) is 34.6. The first kappa shape index (κ1) is 44.3. The summed E-state index contributed by atoms with van der Waals surface area (Å²) in [6.07, 6.45) is 3.80. The average molecular weight is 844 g/mol. The van der Waals surface area contributed by atoms with Gasteiger partial charge in [-0.15, -0.1) is 0 Å². The highest BCUT2D eigenvalue weighted by atomic mass is 32.2. The van der Waals surface area contributed by atoms with Crippen LogP contribution in [0, 0.1) is 13.8 Å². The summed E-state index contributed by atoms with van der Waals surface area (Å²) in [7, 11) is -8.04. The van der Waals surface area contributed by atoms with E-state index in [-0.39, 0.29) is 21.6 Å². The van der Waals surface area contributed by atoms with Gasteiger partial charge in [0.1, 0.15) is 6.54 Å². The molecule has 2 aromatic heterocycles. The molecule has 0 aliphatic heterocycles. The smallest absolute Gasteiger partial charge is 0.294 e. The highest BCUT2D eigenvalue weighted by Crippen LogP contribution is 2.21. The first-order valence-corrected chi connectivity index (χ1v) is 21.4. The number of nitrogens with one attached hydrogen (secondary N) is 2. The third-order valence-electron chi connectivity index (χ3n) is 8.87. The van der Waals surface area contributed by atoms with Gasteiger partial charge in [0.25, 0.3) is 32.1 Å². The zero-order chi connectivity index (χ0) is 43.3. The molecule has 0 fully saturated rings. The van der Waals surface area contributed by atoms with Crippen LogP contribution < -0.4 is 15.2 Å². The van der Waals surface area contributed by atoms with Crippen molar-refractivity contribution in [2.24, 2.45) is 0 Å². The van der Waals surface area contributed by atoms with E-state index in [4.69, 9.17) is 9.11 Å². The van der Waals surface area contributed by atoms with Crippen LogP contribution in [0.25, 0.3) is 22.5 Å². The Labute approximate surface area is 349 Å². The molecule has 5 aromatic carbocycles. The molecule has 0 aliphatic rings. The Hall–Kier alpha value is -6.84. The molecular weight excluding hydrogens is 801 g/mol. The number of aromatic nitrogens is 2. The van der Waals surface area contributed by atoms with Gasteiger partial charge in [-0.2, -0.15) is 21.4 Å². The van der Waals surface area contributed by atoms with Gasteiger partial charge in [-0.05, 0) is 124 Å². The number of nitrogens with zero attached hydrogens (tertiary/aromatic N) is 2. The van der Waals surface area contributed by atoms with Gasteiger partial charge in [0.15, 0.2) is 6.20 Å². The number of carbonyl (C=O) groups excluding carboxylic acids is 2. The van der Waals surface area contributed by atoms with E-state index < -0.39 is 20.2 Å². The van der Waals surface area contributed by atoms with Crippen molar-refractivity contribution in [3.8, 4) is 22.5 Å². The minimum Gasteiger partial charge on any atom is -0.322 e. The van der Waals surface area contributed by atoms with Crippen LogP contribution in [0.1, 0.15) is 38.8 Å². The number of aryl methyl sites for hydroxylation is 3. The zero-order valence-electron chi connectivity index (χ0n) is 32.9. The highest BCUT2D eigenvalue weighted by Gasteiger charge is 2.13. The summed E-state index contributed by atoms with van der Waals surface area (Å²) in [5, 5.41) is 5.81. The van der Waals surface area contributed by atoms with Gasteiger partial charge >= 0.3 is 0 Å². The summed E-state index contributed by atoms with van der Waals surface area (Å²) in [6, 6.07) is 45.7. The number of hydrogen-bond donors (Lipinski definition) is 4. The SMILES string of the molecule is CC[n+]1ccccc1-c1ccc(NC(=O)c2ccc(C(=O)Nc3ccc(-c4ccccn4)cc3)cc2)cc1.Cc1ccc(S(=O)(=O)O)cc1.Cc1ccc(S(=O)(=O)O)cc1. The standard InChI is InChI=1S/C32H26N4O2.2C7H8O3S/c1-2-36-22-6-4-8-30(36)24-15-19-28(20-16-24)35-32(38)26-11-9-25(10-12-26)31(37)34-27-17-13-23(14-18-27)29-7-3-5-21-33-29;2*1-6-2-4-7(5-3-6)11(8,9)10/h3-22H,2H2,1H3,(H,33,34,37);2*2-5H,1H3,(H,8,9,10)/p+1. The molecule has 7 rings (SSSR count). The molecule has 0 spiro atoms. The predicted molar refractivity (Wildman–Crippen MR) is 232 cm³/mol. The van der Waals surface area contributed by atoms with Crippen molar-refractivity contribution in [1.82, 2.24) is 4.98 Å². The number of amides is 2. The van der Waals surface area contributed by atoms with Crippen molar-refractivity contribution >= 4 is 43.4 Å². The summed E-state index contributed by atoms with van der Waals surface area (Å²) < 4.78 is 61.3. The third-order valence-corrected chi connectivity index (χ3v) is 10.6. The molecule has 60 heavy (non-hydrogen) atoms. The van der Waals surface area contributed by atoms with Gasteiger partial charge in [-0.3, -0.25) is 23.7 Å². The maximum absolute atomic E-state index is 12.8. The fraction of sp³-hybridized carbons (Fsp3) is 0.0870. The molecule has 0 bridgehead atoms. The van der Waals surface area contributed by atoms with Crippen LogP contribution >= 0.6 is 0 Å². The van der Waals surface area contributed by atoms with Crippen molar-refractivity contribution in [2.45, 2.75) is 37.1 Å². The first-order chi connectivity index (χ1) is 28.6. The maximum Gasteiger partial charge on any atom is 0.294 e. The molecular formula is C46H43N4O8S2+. The lowest BCUT2D eigenvalue weighted by atomic mass is 10.1. The van der Waals surface area contributed by atoms with Crippen LogP contribution in [0.2, 0.25) is 0 Å². The van der Waals surface area contributed by atoms with E-state index in [1.807, 2.05) is 98.9 Å². The Morgan fingerprint density at radius 3 is 1.38 bits per heavy atom. The summed E-state index contributed by atoms with van der Waals surface area (Å²) in [5.74, 6) is -0.485. The minimum atomic E-state index is -4.02. The molecule has 2 amide bonds. The molecule has 0 radical (unpaired) electrons. The van der Waals surface area contributed by atoms with Gasteiger partial charge in [-0.25, -0.2) is 0 Å². The fourth-order valence-corrected chi connectivity index (χ4v) is 6.56. The summed E-state index contributed by atoms with van der Waals surface area (Å²) in [4.78, 5) is 29.7. The molecule has 14 heteroatoms. The molecule has 0 saturated carbocycles. The Kier molecular flexibility index (Phi) is 14.9. The quantitative estimate of drug-likeness (QED) is 0.0816. The largest absolute Gasteiger partial charge is 0.322 e. The van der Waals surface area contributed by atoms with E-state index in [0.717, 1.165) is 40.2 Å². The Balaban J connectivity index is 0.000000252. The summed E-state index contributed by atoms with van der Waals surface area (Å²) in [6.45, 7) is 6.66. The van der Waals surface area contributed by atoms with Crippen molar-refractivity contribution in [3.63, 3.8) is 0 Å². The number of pyridine rings is 2. The molecule has 12 nitrogen and oxygen atoms in total. The maximum atomic E-state index is 12.8. The lowest BCUT2D eigenvalue weighted by Gasteiger charge is -2.09. The molecule has 0 saturated heterocycles. The number of benzene rings is 5. The Morgan fingerprint density at radius 1 is 0.550 bits per heavy atom. The summed E-state index contributed by atoms with van der Waals surface area (Å²) >= 11 is 0. The predicted octanol–water partition coefficient (Wildman–Crippen LogP) is 8.71. The topological polar surface area (TPSA) is 184 Å². The first-order valence-electron chi connectivity index (χ1n) is 18.5. The van der Waals surface area contributed by atoms with Crippen LogP contribution in [-0.2, 0) is 26.8 Å². The van der Waals surface area contributed by atoms with Crippen LogP contribution in [0.3, 0.4) is 0 Å². The van der Waals surface area contributed by atoms with Crippen LogP contribution in [0.15, 0.2) is 180 Å². The Bertz CT molecular complexity index is 2670. The van der Waals surface area contributed by atoms with Crippen LogP contribution in [0.5, 0.6) is 0 Å². The van der Waals surface area contributed by atoms with Gasteiger partial charge in [0.05, 0.1) is 15.5 Å². The molecule has 4 N–H and O–H groups in total. The van der Waals surface area contributed by atoms with Crippen LogP contribution in [0.4, 0.5) is 11.4 Å². The number of rotatable bonds is 9. The van der Waals surface area contributed by atoms with Crippen molar-refractivity contribution < 1.29 is 40.1 Å². The number of anilines is 2. The third kappa shape index (κ3) is 12.8. The normalized spacial score (nSPS) is 10.9. The van der Waals surface area contributed by atoms with Crippen LogP contribution in [-0.4, -0.2) is 42.7 Å². The van der Waals surface area contributed by atoms with E-state index in [1.54, 1.807) is 54.7 Å². The van der Waals surface area contributed by atoms with E-state index in [0.29, 0.717) is 22.5 Å². The number of hydrogen-bond acceptors (Lipinski definition) is 7. The van der Waals surface area contributed by atoms with Crippen molar-refractivity contribution in [1.29, 1.82) is 0 Å². The molecule has 7 aromatic rings. The Morgan fingerprint density at radius 2 is 0.983 bits per heavy atom. The lowest BCUT2D eigenvalue weighted by Crippen LogP contribution is -2.34. The molecule has 0 aliphatic carbocycles. The molecule has 0 unspecified atom stereocenters. The van der Waals surface area contributed by atoms with Crippen molar-refractivity contribution in [3.05, 3.63) is 192 Å². The van der Waals surface area contributed by atoms with Gasteiger partial charge in [-0.1, -0.05) is 53.6 Å². The molecule has 2 heterocycles. The van der Waals surface area contributed by atoms with Gasteiger partial charge in [0.2, 0.25) is 5.69 Å². The second-order valence-electron chi connectivity index (χ2n) is 13.3. The lowest BCUT2D eigenvalue weighted by molar-refractivity contribution is -0.682. The second-order valence-corrected chi connectivity index (χ2v) is 16.1. The minimum absolute atomic E-state index is 0.0666. The average Bonchev–Trinajstić information content (AvgIpc) is 3.24. The van der Waals surface area contributed by atoms with Crippen molar-refractivity contribution in [2.75, 3.05) is 10.6 Å². The summed E-state index contributed by atoms with van der Waals surface area (Å²) in [5.41, 5.74) is 8.26. The molecule has 0 atom stereocenters.